The molecule has 1 amide bonds. The Balaban J connectivity index is 1.98. The van der Waals surface area contributed by atoms with Crippen molar-refractivity contribution in [3.8, 4) is 17.1 Å². The molecule has 0 N–H and O–H groups in total. The van der Waals surface area contributed by atoms with E-state index in [1.165, 1.54) is 11.8 Å². The predicted octanol–water partition coefficient (Wildman–Crippen LogP) is 4.86. The molecular weight excluding hydrogens is 440 g/mol. The highest BCUT2D eigenvalue weighted by Crippen LogP contribution is 2.43. The number of ether oxygens (including phenoxy) is 1. The molecule has 2 aromatic carbocycles. The molecule has 0 fully saturated rings. The minimum Gasteiger partial charge on any atom is -0.447 e. The van der Waals surface area contributed by atoms with Gasteiger partial charge < -0.3 is 4.74 Å². The molecule has 0 spiro atoms. The minimum atomic E-state index is -0.668. The Morgan fingerprint density at radius 2 is 2.04 bits per heavy atom. The van der Waals surface area contributed by atoms with Crippen molar-refractivity contribution in [1.82, 2.24) is 15.2 Å². The third kappa shape index (κ3) is 3.38. The molecule has 4 rings (SSSR count). The van der Waals surface area contributed by atoms with Crippen molar-refractivity contribution in [2.45, 2.75) is 24.7 Å². The number of nitrogens with zero attached hydrogens (tertiary/aromatic N) is 4. The van der Waals surface area contributed by atoms with E-state index >= 15 is 0 Å². The smallest absolute Gasteiger partial charge is 0.247 e. The van der Waals surface area contributed by atoms with Gasteiger partial charge in [0.2, 0.25) is 23.2 Å². The summed E-state index contributed by atoms with van der Waals surface area (Å²) in [6, 6.07) is 15.3. The Hall–Kier alpha value is -2.45. The molecule has 0 saturated carbocycles. The highest BCUT2D eigenvalue weighted by Gasteiger charge is 2.35. The number of halogens is 1. The summed E-state index contributed by atoms with van der Waals surface area (Å²) in [7, 11) is 0. The van der Waals surface area contributed by atoms with Gasteiger partial charge in [0, 0.05) is 22.0 Å². The summed E-state index contributed by atoms with van der Waals surface area (Å²) in [5.41, 5.74) is 2.86. The number of fused-ring (bicyclic) bond motifs is 3. The fraction of sp³-hybridized carbons (Fsp3) is 0.200. The maximum absolute atomic E-state index is 13.0. The predicted molar refractivity (Wildman–Crippen MR) is 112 cm³/mol. The molecule has 0 aliphatic carbocycles. The van der Waals surface area contributed by atoms with Gasteiger partial charge in [-0.25, -0.2) is 0 Å². The van der Waals surface area contributed by atoms with Crippen molar-refractivity contribution in [3.05, 3.63) is 58.6 Å². The van der Waals surface area contributed by atoms with E-state index in [0.29, 0.717) is 23.2 Å². The van der Waals surface area contributed by atoms with Gasteiger partial charge in [0.1, 0.15) is 0 Å². The van der Waals surface area contributed by atoms with Gasteiger partial charge in [-0.3, -0.25) is 9.69 Å². The number of amides is 1. The van der Waals surface area contributed by atoms with Crippen LogP contribution >= 0.6 is 27.7 Å². The van der Waals surface area contributed by atoms with Crippen LogP contribution < -0.4 is 9.64 Å². The van der Waals surface area contributed by atoms with Gasteiger partial charge in [0.25, 0.3) is 0 Å². The minimum absolute atomic E-state index is 0.0525. The van der Waals surface area contributed by atoms with E-state index in [1.54, 1.807) is 4.90 Å². The van der Waals surface area contributed by atoms with Crippen LogP contribution in [0.4, 0.5) is 5.69 Å². The molecule has 0 bridgehead atoms. The zero-order valence-electron chi connectivity index (χ0n) is 15.3. The quantitative estimate of drug-likeness (QED) is 0.524. The SMILES string of the molecule is CCC(=O)N1c2ccccc2-c2nnc(SC)nc2OC1c1cccc(Br)c1. The maximum Gasteiger partial charge on any atom is 0.247 e. The first kappa shape index (κ1) is 18.9. The second-order valence-corrected chi connectivity index (χ2v) is 7.80. The van der Waals surface area contributed by atoms with E-state index in [9.17, 15) is 4.79 Å². The summed E-state index contributed by atoms with van der Waals surface area (Å²) in [6.07, 6.45) is 1.55. The first-order chi connectivity index (χ1) is 13.6. The molecule has 1 aliphatic heterocycles. The first-order valence-corrected chi connectivity index (χ1v) is 10.8. The number of thioether (sulfide) groups is 1. The number of carbonyl (C=O) groups excluding carboxylic acids is 1. The molecule has 28 heavy (non-hydrogen) atoms. The van der Waals surface area contributed by atoms with Crippen LogP contribution in [0.1, 0.15) is 25.1 Å². The normalized spacial score (nSPS) is 15.2. The van der Waals surface area contributed by atoms with Crippen LogP contribution in [0.15, 0.2) is 58.2 Å². The molecule has 6 nitrogen and oxygen atoms in total. The lowest BCUT2D eigenvalue weighted by molar-refractivity contribution is -0.120. The topological polar surface area (TPSA) is 68.2 Å². The lowest BCUT2D eigenvalue weighted by Crippen LogP contribution is -2.37. The molecule has 1 aromatic heterocycles. The second kappa shape index (κ2) is 7.89. The van der Waals surface area contributed by atoms with E-state index in [0.717, 1.165) is 21.3 Å². The van der Waals surface area contributed by atoms with Gasteiger partial charge in [-0.1, -0.05) is 64.9 Å². The standard InChI is InChI=1S/C20H17BrN4O2S/c1-3-16(26)25-15-10-5-4-9-14(15)17-18(22-20(28-2)24-23-17)27-19(25)12-7-6-8-13(21)11-12/h4-11,19H,3H2,1-2H3. The fourth-order valence-electron chi connectivity index (χ4n) is 3.12. The van der Waals surface area contributed by atoms with Gasteiger partial charge in [-0.2, -0.15) is 4.98 Å². The lowest BCUT2D eigenvalue weighted by atomic mass is 10.1. The monoisotopic (exact) mass is 456 g/mol. The highest BCUT2D eigenvalue weighted by atomic mass is 79.9. The van der Waals surface area contributed by atoms with Crippen molar-refractivity contribution >= 4 is 39.3 Å². The third-order valence-corrected chi connectivity index (χ3v) is 5.43. The summed E-state index contributed by atoms with van der Waals surface area (Å²) < 4.78 is 7.22. The molecule has 142 valence electrons. The van der Waals surface area contributed by atoms with Gasteiger partial charge in [0.15, 0.2) is 5.69 Å². The summed E-state index contributed by atoms with van der Waals surface area (Å²) in [5.74, 6) is 0.312. The maximum atomic E-state index is 13.0. The highest BCUT2D eigenvalue weighted by molar-refractivity contribution is 9.10. The largest absolute Gasteiger partial charge is 0.447 e. The average Bonchev–Trinajstić information content (AvgIpc) is 2.87. The van der Waals surface area contributed by atoms with Crippen LogP contribution in [-0.4, -0.2) is 27.3 Å². The molecule has 1 unspecified atom stereocenters. The molecular formula is C20H17BrN4O2S. The number of rotatable bonds is 3. The van der Waals surface area contributed by atoms with E-state index in [4.69, 9.17) is 4.74 Å². The molecule has 0 radical (unpaired) electrons. The second-order valence-electron chi connectivity index (χ2n) is 6.11. The van der Waals surface area contributed by atoms with Crippen LogP contribution in [-0.2, 0) is 4.79 Å². The number of hydrogen-bond donors (Lipinski definition) is 0. The van der Waals surface area contributed by atoms with Gasteiger partial charge >= 0.3 is 0 Å². The Morgan fingerprint density at radius 1 is 1.21 bits per heavy atom. The van der Waals surface area contributed by atoms with Crippen molar-refractivity contribution in [2.75, 3.05) is 11.2 Å². The summed E-state index contributed by atoms with van der Waals surface area (Å²) in [6.45, 7) is 1.84. The fourth-order valence-corrected chi connectivity index (χ4v) is 3.83. The average molecular weight is 457 g/mol. The van der Waals surface area contributed by atoms with Crippen molar-refractivity contribution in [3.63, 3.8) is 0 Å². The first-order valence-electron chi connectivity index (χ1n) is 8.74. The van der Waals surface area contributed by atoms with E-state index in [1.807, 2.05) is 61.7 Å². The Labute approximate surface area is 175 Å². The van der Waals surface area contributed by atoms with Crippen LogP contribution in [0, 0.1) is 0 Å². The molecule has 1 aliphatic rings. The van der Waals surface area contributed by atoms with Crippen LogP contribution in [0.25, 0.3) is 11.3 Å². The molecule has 2 heterocycles. The van der Waals surface area contributed by atoms with Crippen molar-refractivity contribution < 1.29 is 9.53 Å². The summed E-state index contributed by atoms with van der Waals surface area (Å²) >= 11 is 4.90. The van der Waals surface area contributed by atoms with E-state index < -0.39 is 6.23 Å². The van der Waals surface area contributed by atoms with Gasteiger partial charge in [0.05, 0.1) is 5.69 Å². The van der Waals surface area contributed by atoms with E-state index in [2.05, 4.69) is 31.1 Å². The number of aromatic nitrogens is 3. The number of benzene rings is 2. The number of hydrogen-bond acceptors (Lipinski definition) is 6. The Morgan fingerprint density at radius 3 is 2.79 bits per heavy atom. The number of anilines is 1. The Bertz CT molecular complexity index is 1050. The molecule has 8 heteroatoms. The Kier molecular flexibility index (Phi) is 5.32. The molecule has 0 saturated heterocycles. The van der Waals surface area contributed by atoms with Gasteiger partial charge in [-0.15, -0.1) is 10.2 Å². The molecule has 3 aromatic rings. The zero-order chi connectivity index (χ0) is 19.7. The third-order valence-electron chi connectivity index (χ3n) is 4.40. The van der Waals surface area contributed by atoms with Crippen LogP contribution in [0.2, 0.25) is 0 Å². The zero-order valence-corrected chi connectivity index (χ0v) is 17.7. The summed E-state index contributed by atoms with van der Waals surface area (Å²) in [5, 5.41) is 9.03. The lowest BCUT2D eigenvalue weighted by Gasteiger charge is -2.30. The number of carbonyl (C=O) groups is 1. The van der Waals surface area contributed by atoms with Crippen molar-refractivity contribution in [2.24, 2.45) is 0 Å². The van der Waals surface area contributed by atoms with Crippen LogP contribution in [0.3, 0.4) is 0 Å². The van der Waals surface area contributed by atoms with Gasteiger partial charge in [-0.05, 0) is 24.5 Å². The number of para-hydroxylation sites is 1. The van der Waals surface area contributed by atoms with E-state index in [-0.39, 0.29) is 5.91 Å². The molecule has 1 atom stereocenters. The van der Waals surface area contributed by atoms with Crippen LogP contribution in [0.5, 0.6) is 5.88 Å². The summed E-state index contributed by atoms with van der Waals surface area (Å²) in [4.78, 5) is 19.2. The van der Waals surface area contributed by atoms with Crippen molar-refractivity contribution in [1.29, 1.82) is 0 Å².